The number of hydrogen-bond acceptors (Lipinski definition) is 3. The molecule has 1 aromatic carbocycles. The standard InChI is InChI=1S/C11H10ClFN2S/c12-8-2-1-7(9(13)4-8)3-10(14)11-5-16-6-15-11/h1-2,4-6,10H,3,14H2. The van der Waals surface area contributed by atoms with Crippen molar-refractivity contribution in [2.45, 2.75) is 12.5 Å². The van der Waals surface area contributed by atoms with Crippen LogP contribution in [0.3, 0.4) is 0 Å². The maximum Gasteiger partial charge on any atom is 0.127 e. The summed E-state index contributed by atoms with van der Waals surface area (Å²) in [5.41, 5.74) is 8.99. The average molecular weight is 257 g/mol. The number of aromatic nitrogens is 1. The van der Waals surface area contributed by atoms with Crippen molar-refractivity contribution < 1.29 is 4.39 Å². The van der Waals surface area contributed by atoms with Gasteiger partial charge in [-0.1, -0.05) is 17.7 Å². The van der Waals surface area contributed by atoms with E-state index in [4.69, 9.17) is 17.3 Å². The summed E-state index contributed by atoms with van der Waals surface area (Å²) in [6, 6.07) is 4.34. The summed E-state index contributed by atoms with van der Waals surface area (Å²) in [5.74, 6) is -0.321. The van der Waals surface area contributed by atoms with E-state index >= 15 is 0 Å². The zero-order valence-electron chi connectivity index (χ0n) is 8.36. The van der Waals surface area contributed by atoms with E-state index < -0.39 is 0 Å². The first kappa shape index (κ1) is 11.5. The molecule has 1 atom stereocenters. The number of nitrogens with two attached hydrogens (primary N) is 1. The SMILES string of the molecule is NC(Cc1ccc(Cl)cc1F)c1cscn1. The molecule has 0 amide bonds. The van der Waals surface area contributed by atoms with Gasteiger partial charge in [0.05, 0.1) is 17.2 Å². The number of hydrogen-bond donors (Lipinski definition) is 1. The first-order valence-corrected chi connectivity index (χ1v) is 6.06. The Morgan fingerprint density at radius 1 is 1.50 bits per heavy atom. The molecule has 84 valence electrons. The fourth-order valence-corrected chi connectivity index (χ4v) is 2.21. The molecular weight excluding hydrogens is 247 g/mol. The Bertz CT molecular complexity index is 473. The van der Waals surface area contributed by atoms with E-state index in [0.717, 1.165) is 5.69 Å². The molecule has 2 aromatic rings. The highest BCUT2D eigenvalue weighted by Gasteiger charge is 2.12. The molecule has 0 radical (unpaired) electrons. The van der Waals surface area contributed by atoms with Gasteiger partial charge in [0.25, 0.3) is 0 Å². The molecule has 0 aliphatic carbocycles. The monoisotopic (exact) mass is 256 g/mol. The summed E-state index contributed by atoms with van der Waals surface area (Å²) < 4.78 is 13.5. The Morgan fingerprint density at radius 2 is 2.31 bits per heavy atom. The Hall–Kier alpha value is -0.970. The van der Waals surface area contributed by atoms with E-state index in [2.05, 4.69) is 4.98 Å². The molecule has 0 fully saturated rings. The second-order valence-corrected chi connectivity index (χ2v) is 4.61. The molecular formula is C11H10ClFN2S. The molecule has 0 spiro atoms. The smallest absolute Gasteiger partial charge is 0.127 e. The van der Waals surface area contributed by atoms with Crippen molar-refractivity contribution in [2.75, 3.05) is 0 Å². The van der Waals surface area contributed by atoms with Crippen molar-refractivity contribution in [1.82, 2.24) is 4.98 Å². The highest BCUT2D eigenvalue weighted by molar-refractivity contribution is 7.07. The van der Waals surface area contributed by atoms with Crippen LogP contribution in [0, 0.1) is 5.82 Å². The third kappa shape index (κ3) is 2.58. The van der Waals surface area contributed by atoms with E-state index in [0.29, 0.717) is 17.0 Å². The first-order valence-electron chi connectivity index (χ1n) is 4.74. The number of rotatable bonds is 3. The first-order chi connectivity index (χ1) is 7.66. The molecule has 2 nitrogen and oxygen atoms in total. The Kier molecular flexibility index (Phi) is 3.53. The minimum absolute atomic E-state index is 0.276. The van der Waals surface area contributed by atoms with E-state index in [1.165, 1.54) is 17.4 Å². The molecule has 1 heterocycles. The van der Waals surface area contributed by atoms with Gasteiger partial charge >= 0.3 is 0 Å². The van der Waals surface area contributed by atoms with Crippen molar-refractivity contribution in [1.29, 1.82) is 0 Å². The predicted octanol–water partition coefficient (Wildman–Crippen LogP) is 3.18. The third-order valence-electron chi connectivity index (χ3n) is 2.29. The lowest BCUT2D eigenvalue weighted by Gasteiger charge is -2.09. The van der Waals surface area contributed by atoms with Crippen LogP contribution in [0.15, 0.2) is 29.1 Å². The molecule has 0 saturated heterocycles. The van der Waals surface area contributed by atoms with Gasteiger partial charge < -0.3 is 5.73 Å². The summed E-state index contributed by atoms with van der Waals surface area (Å²) in [6.45, 7) is 0. The van der Waals surface area contributed by atoms with Gasteiger partial charge in [-0.2, -0.15) is 0 Å². The topological polar surface area (TPSA) is 38.9 Å². The molecule has 0 saturated carbocycles. The van der Waals surface area contributed by atoms with Gasteiger partial charge in [0.1, 0.15) is 5.82 Å². The highest BCUT2D eigenvalue weighted by atomic mass is 35.5. The summed E-state index contributed by atoms with van der Waals surface area (Å²) in [5, 5.41) is 2.27. The van der Waals surface area contributed by atoms with Crippen molar-refractivity contribution in [3.8, 4) is 0 Å². The van der Waals surface area contributed by atoms with Gasteiger partial charge in [-0.3, -0.25) is 0 Å². The van der Waals surface area contributed by atoms with Crippen molar-refractivity contribution in [3.05, 3.63) is 51.2 Å². The molecule has 0 aliphatic rings. The van der Waals surface area contributed by atoms with Gasteiger partial charge in [-0.25, -0.2) is 9.37 Å². The summed E-state index contributed by atoms with van der Waals surface area (Å²) in [4.78, 5) is 4.10. The number of nitrogens with zero attached hydrogens (tertiary/aromatic N) is 1. The van der Waals surface area contributed by atoms with Gasteiger partial charge in [0, 0.05) is 10.4 Å². The van der Waals surface area contributed by atoms with Gasteiger partial charge in [0.15, 0.2) is 0 Å². The predicted molar refractivity (Wildman–Crippen MR) is 64.2 cm³/mol. The maximum atomic E-state index is 13.5. The average Bonchev–Trinajstić information content (AvgIpc) is 2.75. The molecule has 16 heavy (non-hydrogen) atoms. The minimum Gasteiger partial charge on any atom is -0.322 e. The highest BCUT2D eigenvalue weighted by Crippen LogP contribution is 2.20. The molecule has 2 N–H and O–H groups in total. The van der Waals surface area contributed by atoms with Crippen molar-refractivity contribution in [3.63, 3.8) is 0 Å². The Balaban J connectivity index is 2.15. The summed E-state index contributed by atoms with van der Waals surface area (Å²) >= 11 is 7.15. The minimum atomic E-state index is -0.321. The second kappa shape index (κ2) is 4.91. The summed E-state index contributed by atoms with van der Waals surface area (Å²) in [7, 11) is 0. The molecule has 0 bridgehead atoms. The van der Waals surface area contributed by atoms with E-state index in [-0.39, 0.29) is 11.9 Å². The van der Waals surface area contributed by atoms with Crippen LogP contribution in [0.25, 0.3) is 0 Å². The Morgan fingerprint density at radius 3 is 2.94 bits per heavy atom. The molecule has 0 aliphatic heterocycles. The number of thiazole rings is 1. The summed E-state index contributed by atoms with van der Waals surface area (Å²) in [6.07, 6.45) is 0.423. The normalized spacial score (nSPS) is 12.7. The van der Waals surface area contributed by atoms with Crippen LogP contribution in [0.5, 0.6) is 0 Å². The van der Waals surface area contributed by atoms with Crippen LogP contribution in [-0.4, -0.2) is 4.98 Å². The lowest BCUT2D eigenvalue weighted by molar-refractivity contribution is 0.591. The Labute approximate surface area is 102 Å². The van der Waals surface area contributed by atoms with Crippen molar-refractivity contribution in [2.24, 2.45) is 5.73 Å². The van der Waals surface area contributed by atoms with Crippen LogP contribution in [0.4, 0.5) is 4.39 Å². The number of halogens is 2. The van der Waals surface area contributed by atoms with Crippen LogP contribution < -0.4 is 5.73 Å². The maximum absolute atomic E-state index is 13.5. The fraction of sp³-hybridized carbons (Fsp3) is 0.182. The van der Waals surface area contributed by atoms with Crippen LogP contribution in [0.2, 0.25) is 5.02 Å². The van der Waals surface area contributed by atoms with Gasteiger partial charge in [-0.05, 0) is 24.1 Å². The lowest BCUT2D eigenvalue weighted by atomic mass is 10.0. The van der Waals surface area contributed by atoms with Gasteiger partial charge in [-0.15, -0.1) is 11.3 Å². The van der Waals surface area contributed by atoms with E-state index in [9.17, 15) is 4.39 Å². The molecule has 1 unspecified atom stereocenters. The third-order valence-corrected chi connectivity index (χ3v) is 3.13. The van der Waals surface area contributed by atoms with Gasteiger partial charge in [0.2, 0.25) is 0 Å². The van der Waals surface area contributed by atoms with Crippen molar-refractivity contribution >= 4 is 22.9 Å². The second-order valence-electron chi connectivity index (χ2n) is 3.46. The molecule has 2 rings (SSSR count). The zero-order chi connectivity index (χ0) is 11.5. The fourth-order valence-electron chi connectivity index (χ4n) is 1.43. The van der Waals surface area contributed by atoms with Crippen LogP contribution >= 0.6 is 22.9 Å². The zero-order valence-corrected chi connectivity index (χ0v) is 9.93. The largest absolute Gasteiger partial charge is 0.322 e. The lowest BCUT2D eigenvalue weighted by Crippen LogP contribution is -2.14. The van der Waals surface area contributed by atoms with Crippen LogP contribution in [-0.2, 0) is 6.42 Å². The quantitative estimate of drug-likeness (QED) is 0.916. The van der Waals surface area contributed by atoms with Crippen LogP contribution in [0.1, 0.15) is 17.3 Å². The molecule has 1 aromatic heterocycles. The number of benzene rings is 1. The molecule has 5 heteroatoms. The van der Waals surface area contributed by atoms with E-state index in [1.54, 1.807) is 17.6 Å². The van der Waals surface area contributed by atoms with E-state index in [1.807, 2.05) is 5.38 Å².